The van der Waals surface area contributed by atoms with E-state index in [1.54, 1.807) is 18.2 Å². The Labute approximate surface area is 154 Å². The molecule has 1 N–H and O–H groups in total. The Morgan fingerprint density at radius 1 is 1.04 bits per heavy atom. The van der Waals surface area contributed by atoms with Gasteiger partial charge in [-0.2, -0.15) is 18.4 Å². The van der Waals surface area contributed by atoms with Gasteiger partial charge in [0.15, 0.2) is 0 Å². The van der Waals surface area contributed by atoms with Crippen LogP contribution in [-0.4, -0.2) is 37.1 Å². The molecule has 2 amide bonds. The SMILES string of the molecule is N#Cc1cccc(N2CCN(C(=O)Nc3ccccc3C(F)(F)F)CC2)c1. The molecule has 2 aromatic rings. The zero-order valence-electron chi connectivity index (χ0n) is 14.3. The Hall–Kier alpha value is -3.21. The Balaban J connectivity index is 1.63. The van der Waals surface area contributed by atoms with Crippen LogP contribution in [0.2, 0.25) is 0 Å². The topological polar surface area (TPSA) is 59.4 Å². The fourth-order valence-corrected chi connectivity index (χ4v) is 2.97. The number of nitrogens with zero attached hydrogens (tertiary/aromatic N) is 3. The lowest BCUT2D eigenvalue weighted by atomic mass is 10.1. The van der Waals surface area contributed by atoms with Crippen LogP contribution in [-0.2, 0) is 6.18 Å². The number of rotatable bonds is 2. The van der Waals surface area contributed by atoms with E-state index >= 15 is 0 Å². The Bertz CT molecular complexity index is 868. The minimum Gasteiger partial charge on any atom is -0.368 e. The van der Waals surface area contributed by atoms with Crippen LogP contribution in [0.5, 0.6) is 0 Å². The summed E-state index contributed by atoms with van der Waals surface area (Å²) in [7, 11) is 0. The molecule has 1 heterocycles. The number of amides is 2. The van der Waals surface area contributed by atoms with E-state index in [1.807, 2.05) is 11.0 Å². The lowest BCUT2D eigenvalue weighted by molar-refractivity contribution is -0.136. The maximum atomic E-state index is 13.0. The summed E-state index contributed by atoms with van der Waals surface area (Å²) in [6.45, 7) is 1.81. The van der Waals surface area contributed by atoms with Crippen LogP contribution in [0.25, 0.3) is 0 Å². The number of para-hydroxylation sites is 1. The molecule has 3 rings (SSSR count). The van der Waals surface area contributed by atoms with E-state index in [0.29, 0.717) is 31.7 Å². The molecule has 0 saturated carbocycles. The molecular weight excluding hydrogens is 357 g/mol. The molecule has 0 spiro atoms. The van der Waals surface area contributed by atoms with Crippen molar-refractivity contribution in [2.24, 2.45) is 0 Å². The predicted octanol–water partition coefficient (Wildman–Crippen LogP) is 3.93. The summed E-state index contributed by atoms with van der Waals surface area (Å²) in [4.78, 5) is 15.9. The molecule has 0 atom stereocenters. The largest absolute Gasteiger partial charge is 0.418 e. The van der Waals surface area contributed by atoms with Gasteiger partial charge < -0.3 is 15.1 Å². The van der Waals surface area contributed by atoms with Crippen LogP contribution in [0.3, 0.4) is 0 Å². The Kier molecular flexibility index (Phi) is 5.21. The molecule has 1 fully saturated rings. The fraction of sp³-hybridized carbons (Fsp3) is 0.263. The van der Waals surface area contributed by atoms with E-state index in [1.165, 1.54) is 23.1 Å². The summed E-state index contributed by atoms with van der Waals surface area (Å²) in [6.07, 6.45) is -4.53. The van der Waals surface area contributed by atoms with Gasteiger partial charge in [-0.25, -0.2) is 4.79 Å². The number of carbonyl (C=O) groups excluding carboxylic acids is 1. The number of piperazine rings is 1. The van der Waals surface area contributed by atoms with Crippen molar-refractivity contribution in [2.45, 2.75) is 6.18 Å². The van der Waals surface area contributed by atoms with Crippen molar-refractivity contribution in [3.63, 3.8) is 0 Å². The summed E-state index contributed by atoms with van der Waals surface area (Å²) in [5.41, 5.74) is 0.317. The number of carbonyl (C=O) groups is 1. The van der Waals surface area contributed by atoms with Gasteiger partial charge in [-0.15, -0.1) is 0 Å². The van der Waals surface area contributed by atoms with Gasteiger partial charge in [-0.1, -0.05) is 18.2 Å². The van der Waals surface area contributed by atoms with Crippen molar-refractivity contribution >= 4 is 17.4 Å². The van der Waals surface area contributed by atoms with Crippen LogP contribution in [0.15, 0.2) is 48.5 Å². The van der Waals surface area contributed by atoms with E-state index in [4.69, 9.17) is 5.26 Å². The highest BCUT2D eigenvalue weighted by Gasteiger charge is 2.34. The Morgan fingerprint density at radius 2 is 1.74 bits per heavy atom. The minimum absolute atomic E-state index is 0.251. The van der Waals surface area contributed by atoms with Crippen LogP contribution in [0.4, 0.5) is 29.3 Å². The predicted molar refractivity (Wildman–Crippen MR) is 95.4 cm³/mol. The third kappa shape index (κ3) is 4.31. The van der Waals surface area contributed by atoms with Gasteiger partial charge in [0.2, 0.25) is 0 Å². The third-order valence-corrected chi connectivity index (χ3v) is 4.38. The number of anilines is 2. The molecular formula is C19H17F3N4O. The first-order valence-corrected chi connectivity index (χ1v) is 8.36. The van der Waals surface area contributed by atoms with E-state index in [9.17, 15) is 18.0 Å². The molecule has 1 aliphatic heterocycles. The number of halogens is 3. The summed E-state index contributed by atoms with van der Waals surface area (Å²) in [5.74, 6) is 0. The van der Waals surface area contributed by atoms with Gasteiger partial charge in [0.25, 0.3) is 0 Å². The zero-order valence-corrected chi connectivity index (χ0v) is 14.3. The molecule has 0 radical (unpaired) electrons. The standard InChI is InChI=1S/C19H17F3N4O/c20-19(21,22)16-6-1-2-7-17(16)24-18(27)26-10-8-25(9-11-26)15-5-3-4-14(12-15)13-23/h1-7,12H,8-11H2,(H,24,27). The smallest absolute Gasteiger partial charge is 0.368 e. The monoisotopic (exact) mass is 374 g/mol. The molecule has 0 aliphatic carbocycles. The van der Waals surface area contributed by atoms with Crippen LogP contribution in [0, 0.1) is 11.3 Å². The Morgan fingerprint density at radius 3 is 2.41 bits per heavy atom. The molecule has 0 bridgehead atoms. The fourth-order valence-electron chi connectivity index (χ4n) is 2.97. The first-order valence-electron chi connectivity index (χ1n) is 8.36. The van der Waals surface area contributed by atoms with E-state index < -0.39 is 17.8 Å². The number of hydrogen-bond acceptors (Lipinski definition) is 3. The number of urea groups is 1. The highest BCUT2D eigenvalue weighted by molar-refractivity contribution is 5.90. The van der Waals surface area contributed by atoms with Crippen molar-refractivity contribution in [2.75, 3.05) is 36.4 Å². The molecule has 2 aromatic carbocycles. The van der Waals surface area contributed by atoms with Crippen LogP contribution >= 0.6 is 0 Å². The maximum Gasteiger partial charge on any atom is 0.418 e. The normalized spacial score (nSPS) is 14.6. The molecule has 0 unspecified atom stereocenters. The van der Waals surface area contributed by atoms with Crippen molar-refractivity contribution in [3.8, 4) is 6.07 Å². The second-order valence-corrected chi connectivity index (χ2v) is 6.11. The van der Waals surface area contributed by atoms with E-state index in [0.717, 1.165) is 11.8 Å². The molecule has 1 aliphatic rings. The number of hydrogen-bond donors (Lipinski definition) is 1. The van der Waals surface area contributed by atoms with Crippen LogP contribution < -0.4 is 10.2 Å². The van der Waals surface area contributed by atoms with Crippen LogP contribution in [0.1, 0.15) is 11.1 Å². The van der Waals surface area contributed by atoms with E-state index in [2.05, 4.69) is 11.4 Å². The van der Waals surface area contributed by atoms with Gasteiger partial charge in [0, 0.05) is 31.9 Å². The summed E-state index contributed by atoms with van der Waals surface area (Å²) >= 11 is 0. The average molecular weight is 374 g/mol. The van der Waals surface area contributed by atoms with Gasteiger partial charge in [0.05, 0.1) is 22.9 Å². The minimum atomic E-state index is -4.53. The molecule has 27 heavy (non-hydrogen) atoms. The van der Waals surface area contributed by atoms with Gasteiger partial charge in [0.1, 0.15) is 0 Å². The summed E-state index contributed by atoms with van der Waals surface area (Å²) < 4.78 is 39.1. The van der Waals surface area contributed by atoms with Crippen molar-refractivity contribution in [1.29, 1.82) is 5.26 Å². The molecule has 0 aromatic heterocycles. The highest BCUT2D eigenvalue weighted by Crippen LogP contribution is 2.34. The zero-order chi connectivity index (χ0) is 19.4. The average Bonchev–Trinajstić information content (AvgIpc) is 2.67. The lowest BCUT2D eigenvalue weighted by Crippen LogP contribution is -2.50. The summed E-state index contributed by atoms with van der Waals surface area (Å²) in [5, 5.41) is 11.4. The number of alkyl halides is 3. The van der Waals surface area contributed by atoms with E-state index in [-0.39, 0.29) is 5.69 Å². The quantitative estimate of drug-likeness (QED) is 0.867. The van der Waals surface area contributed by atoms with Gasteiger partial charge in [-0.05, 0) is 30.3 Å². The number of nitrogens with one attached hydrogen (secondary N) is 1. The highest BCUT2D eigenvalue weighted by atomic mass is 19.4. The molecule has 1 saturated heterocycles. The van der Waals surface area contributed by atoms with Gasteiger partial charge >= 0.3 is 12.2 Å². The first kappa shape index (κ1) is 18.6. The van der Waals surface area contributed by atoms with Crippen molar-refractivity contribution in [3.05, 3.63) is 59.7 Å². The second kappa shape index (κ2) is 7.58. The number of nitriles is 1. The first-order chi connectivity index (χ1) is 12.9. The van der Waals surface area contributed by atoms with Crippen molar-refractivity contribution < 1.29 is 18.0 Å². The second-order valence-electron chi connectivity index (χ2n) is 6.11. The number of benzene rings is 2. The summed E-state index contributed by atoms with van der Waals surface area (Å²) in [6, 6.07) is 13.6. The molecule has 140 valence electrons. The molecule has 5 nitrogen and oxygen atoms in total. The van der Waals surface area contributed by atoms with Gasteiger partial charge in [-0.3, -0.25) is 0 Å². The van der Waals surface area contributed by atoms with Crippen molar-refractivity contribution in [1.82, 2.24) is 4.90 Å². The maximum absolute atomic E-state index is 13.0. The molecule has 8 heteroatoms. The lowest BCUT2D eigenvalue weighted by Gasteiger charge is -2.36. The third-order valence-electron chi connectivity index (χ3n) is 4.38.